The monoisotopic (exact) mass is 564 g/mol. The quantitative estimate of drug-likeness (QED) is 0.258. The molecule has 5 aromatic rings. The molecule has 11 nitrogen and oxygen atoms in total. The minimum atomic E-state index is -0.823. The second kappa shape index (κ2) is 11.3. The van der Waals surface area contributed by atoms with E-state index in [4.69, 9.17) is 14.2 Å². The lowest BCUT2D eigenvalue weighted by molar-refractivity contribution is 0.0969. The predicted molar refractivity (Wildman–Crippen MR) is 147 cm³/mol. The smallest absolute Gasteiger partial charge is 0.411 e. The van der Waals surface area contributed by atoms with Crippen molar-refractivity contribution in [1.82, 2.24) is 24.9 Å². The number of thiazole rings is 1. The summed E-state index contributed by atoms with van der Waals surface area (Å²) in [4.78, 5) is 33.6. The molecular formula is C27H25FN6O5S. The largest absolute Gasteiger partial charge is 0.484 e. The highest BCUT2D eigenvalue weighted by Gasteiger charge is 2.18. The molecule has 2 aromatic carbocycles. The summed E-state index contributed by atoms with van der Waals surface area (Å²) < 4.78 is 31.7. The first-order valence-electron chi connectivity index (χ1n) is 12.2. The number of fused-ring (bicyclic) bond motifs is 2. The minimum absolute atomic E-state index is 0.0138. The predicted octanol–water partition coefficient (Wildman–Crippen LogP) is 5.22. The lowest BCUT2D eigenvalue weighted by atomic mass is 10.1. The number of nitrogens with zero attached hydrogens (tertiary/aromatic N) is 5. The average molecular weight is 565 g/mol. The van der Waals surface area contributed by atoms with Crippen molar-refractivity contribution >= 4 is 44.4 Å². The maximum absolute atomic E-state index is 14.9. The van der Waals surface area contributed by atoms with Gasteiger partial charge in [0.1, 0.15) is 23.8 Å². The van der Waals surface area contributed by atoms with Crippen molar-refractivity contribution in [3.63, 3.8) is 0 Å². The number of aryl methyl sites for hydroxylation is 1. The molecular weight excluding hydrogens is 539 g/mol. The number of hydrogen-bond acceptors (Lipinski definition) is 11. The van der Waals surface area contributed by atoms with Crippen LogP contribution in [-0.4, -0.2) is 55.9 Å². The Morgan fingerprint density at radius 2 is 1.85 bits per heavy atom. The SMILES string of the molecule is COc1cnc2c(-c3nc4cc(F)c(O[C@@H](C)COC(=O)Nc5cnc(C(C)O)nc5)cc4s3)cc(C)cc2n1. The first kappa shape index (κ1) is 27.1. The van der Waals surface area contributed by atoms with Crippen LogP contribution in [0.4, 0.5) is 14.9 Å². The maximum atomic E-state index is 14.9. The summed E-state index contributed by atoms with van der Waals surface area (Å²) in [6.07, 6.45) is 2.03. The van der Waals surface area contributed by atoms with Crippen LogP contribution < -0.4 is 14.8 Å². The number of benzene rings is 2. The van der Waals surface area contributed by atoms with Crippen LogP contribution in [0.3, 0.4) is 0 Å². The Labute approximate surface area is 232 Å². The molecule has 0 bridgehead atoms. The highest BCUT2D eigenvalue weighted by molar-refractivity contribution is 7.21. The number of carbonyl (C=O) groups excluding carboxylic acids is 1. The molecule has 3 aromatic heterocycles. The molecule has 1 unspecified atom stereocenters. The van der Waals surface area contributed by atoms with E-state index in [-0.39, 0.29) is 18.2 Å². The Balaban J connectivity index is 1.28. The van der Waals surface area contributed by atoms with Crippen molar-refractivity contribution in [3.8, 4) is 22.2 Å². The molecule has 0 aliphatic carbocycles. The number of amides is 1. The second-order valence-corrected chi connectivity index (χ2v) is 10.1. The molecule has 0 spiro atoms. The topological polar surface area (TPSA) is 141 Å². The number of aromatic nitrogens is 5. The zero-order chi connectivity index (χ0) is 28.4. The number of ether oxygens (including phenoxy) is 3. The third kappa shape index (κ3) is 5.90. The van der Waals surface area contributed by atoms with Crippen LogP contribution in [0.1, 0.15) is 31.3 Å². The number of halogens is 1. The Morgan fingerprint density at radius 3 is 2.58 bits per heavy atom. The van der Waals surface area contributed by atoms with Gasteiger partial charge in [-0.25, -0.2) is 34.1 Å². The molecule has 13 heteroatoms. The number of rotatable bonds is 8. The van der Waals surface area contributed by atoms with Crippen molar-refractivity contribution < 1.29 is 28.5 Å². The molecule has 0 saturated heterocycles. The van der Waals surface area contributed by atoms with E-state index in [1.54, 1.807) is 19.2 Å². The average Bonchev–Trinajstić information content (AvgIpc) is 3.34. The van der Waals surface area contributed by atoms with Gasteiger partial charge in [0.15, 0.2) is 17.4 Å². The standard InChI is InChI=1S/C27H25FN6O5S/c1-13-5-17(24-20(6-13)33-23(37-4)11-29-24)26-34-19-7-18(28)21(8-22(19)40-26)39-14(2)12-38-27(36)32-16-9-30-25(15(3)35)31-10-16/h5-11,14-15,35H,12H2,1-4H3,(H,32,36)/t14-,15?/m0/s1. The highest BCUT2D eigenvalue weighted by Crippen LogP contribution is 2.37. The molecule has 0 aliphatic heterocycles. The fourth-order valence-electron chi connectivity index (χ4n) is 3.86. The summed E-state index contributed by atoms with van der Waals surface area (Å²) in [5.41, 5.74) is 3.87. The van der Waals surface area contributed by atoms with Crippen molar-refractivity contribution in [1.29, 1.82) is 0 Å². The molecule has 3 heterocycles. The van der Waals surface area contributed by atoms with E-state index >= 15 is 0 Å². The summed E-state index contributed by atoms with van der Waals surface area (Å²) in [5.74, 6) is 0.0670. The van der Waals surface area contributed by atoms with Gasteiger partial charge in [0.25, 0.3) is 0 Å². The van der Waals surface area contributed by atoms with Crippen LogP contribution in [0, 0.1) is 12.7 Å². The second-order valence-electron chi connectivity index (χ2n) is 9.02. The summed E-state index contributed by atoms with van der Waals surface area (Å²) in [7, 11) is 1.53. The van der Waals surface area contributed by atoms with Gasteiger partial charge in [-0.1, -0.05) is 0 Å². The molecule has 0 aliphatic rings. The van der Waals surface area contributed by atoms with Gasteiger partial charge in [-0.2, -0.15) is 0 Å². The summed E-state index contributed by atoms with van der Waals surface area (Å²) in [6.45, 7) is 5.00. The Hall–Kier alpha value is -4.49. The van der Waals surface area contributed by atoms with E-state index in [2.05, 4.69) is 30.2 Å². The molecule has 2 atom stereocenters. The van der Waals surface area contributed by atoms with Crippen LogP contribution >= 0.6 is 11.3 Å². The van der Waals surface area contributed by atoms with Gasteiger partial charge >= 0.3 is 6.09 Å². The summed E-state index contributed by atoms with van der Waals surface area (Å²) in [5, 5.41) is 12.6. The fraction of sp³-hybridized carbons (Fsp3) is 0.259. The van der Waals surface area contributed by atoms with Crippen LogP contribution in [0.5, 0.6) is 11.6 Å². The van der Waals surface area contributed by atoms with Crippen LogP contribution in [-0.2, 0) is 4.74 Å². The van der Waals surface area contributed by atoms with Crippen LogP contribution in [0.25, 0.3) is 31.8 Å². The van der Waals surface area contributed by atoms with Crippen molar-refractivity contribution in [2.45, 2.75) is 33.0 Å². The first-order chi connectivity index (χ1) is 19.2. The number of aliphatic hydroxyl groups excluding tert-OH is 1. The third-order valence-electron chi connectivity index (χ3n) is 5.72. The van der Waals surface area contributed by atoms with E-state index in [0.29, 0.717) is 37.8 Å². The third-order valence-corrected chi connectivity index (χ3v) is 6.77. The van der Waals surface area contributed by atoms with Gasteiger partial charge in [-0.05, 0) is 38.5 Å². The molecule has 5 rings (SSSR count). The van der Waals surface area contributed by atoms with Gasteiger partial charge in [0, 0.05) is 17.7 Å². The van der Waals surface area contributed by atoms with Gasteiger partial charge in [0.05, 0.1) is 52.6 Å². The van der Waals surface area contributed by atoms with E-state index < -0.39 is 24.1 Å². The number of methoxy groups -OCH3 is 1. The van der Waals surface area contributed by atoms with Crippen LogP contribution in [0.15, 0.2) is 42.9 Å². The Kier molecular flexibility index (Phi) is 7.67. The molecule has 0 fully saturated rings. The van der Waals surface area contributed by atoms with E-state index in [9.17, 15) is 14.3 Å². The normalized spacial score (nSPS) is 12.8. The molecule has 0 saturated carbocycles. The first-order valence-corrected chi connectivity index (χ1v) is 13.0. The van der Waals surface area contributed by atoms with Crippen molar-refractivity contribution in [3.05, 3.63) is 60.1 Å². The van der Waals surface area contributed by atoms with E-state index in [1.807, 2.05) is 19.1 Å². The molecule has 0 radical (unpaired) electrons. The van der Waals surface area contributed by atoms with Crippen molar-refractivity contribution in [2.24, 2.45) is 0 Å². The van der Waals surface area contributed by atoms with Gasteiger partial charge in [-0.15, -0.1) is 11.3 Å². The molecule has 206 valence electrons. The number of carbonyl (C=O) groups is 1. The summed E-state index contributed by atoms with van der Waals surface area (Å²) in [6, 6.07) is 6.77. The molecule has 40 heavy (non-hydrogen) atoms. The highest BCUT2D eigenvalue weighted by atomic mass is 32.1. The molecule has 1 amide bonds. The maximum Gasteiger partial charge on any atom is 0.411 e. The number of hydrogen-bond donors (Lipinski definition) is 2. The minimum Gasteiger partial charge on any atom is -0.484 e. The number of anilines is 1. The Bertz CT molecular complexity index is 1700. The number of nitrogens with one attached hydrogen (secondary N) is 1. The zero-order valence-corrected chi connectivity index (χ0v) is 22.8. The van der Waals surface area contributed by atoms with Gasteiger partial charge in [0.2, 0.25) is 5.88 Å². The van der Waals surface area contributed by atoms with Crippen LogP contribution in [0.2, 0.25) is 0 Å². The lowest BCUT2D eigenvalue weighted by Gasteiger charge is -2.15. The summed E-state index contributed by atoms with van der Waals surface area (Å²) >= 11 is 1.38. The Morgan fingerprint density at radius 1 is 1.07 bits per heavy atom. The van der Waals surface area contributed by atoms with Gasteiger partial charge in [-0.3, -0.25) is 5.32 Å². The lowest BCUT2D eigenvalue weighted by Crippen LogP contribution is -2.24. The van der Waals surface area contributed by atoms with E-state index in [0.717, 1.165) is 11.1 Å². The van der Waals surface area contributed by atoms with Crippen molar-refractivity contribution in [2.75, 3.05) is 19.0 Å². The van der Waals surface area contributed by atoms with Gasteiger partial charge < -0.3 is 19.3 Å². The molecule has 2 N–H and O–H groups in total. The zero-order valence-electron chi connectivity index (χ0n) is 22.0. The fourth-order valence-corrected chi connectivity index (χ4v) is 4.85. The number of aliphatic hydroxyl groups is 1. The van der Waals surface area contributed by atoms with E-state index in [1.165, 1.54) is 43.8 Å².